The highest BCUT2D eigenvalue weighted by atomic mass is 19.3. The number of alkyl halides is 2. The number of halogens is 2. The predicted octanol–water partition coefficient (Wildman–Crippen LogP) is 0.953. The van der Waals surface area contributed by atoms with Crippen molar-refractivity contribution in [2.24, 2.45) is 0 Å². The molecule has 1 aromatic rings. The topological polar surface area (TPSA) is 88.1 Å². The van der Waals surface area contributed by atoms with Crippen LogP contribution in [-0.2, 0) is 9.59 Å². The van der Waals surface area contributed by atoms with Crippen LogP contribution >= 0.6 is 0 Å². The molecule has 1 heterocycles. The fourth-order valence-electron chi connectivity index (χ4n) is 1.99. The zero-order valence-corrected chi connectivity index (χ0v) is 12.1. The molecule has 0 saturated carbocycles. The summed E-state index contributed by atoms with van der Waals surface area (Å²) in [5.74, 6) is -1.14. The van der Waals surface area contributed by atoms with E-state index >= 15 is 0 Å². The molecule has 0 atom stereocenters. The summed E-state index contributed by atoms with van der Waals surface area (Å²) in [6.07, 6.45) is 1.02. The molecular formula is C14H14F2N2O5. The maximum Gasteiger partial charge on any atom is 0.387 e. The van der Waals surface area contributed by atoms with E-state index in [4.69, 9.17) is 9.84 Å². The molecule has 2 N–H and O–H groups in total. The molecule has 1 aromatic carbocycles. The number of anilines is 1. The molecule has 9 heteroatoms. The number of hydrogen-bond donors (Lipinski definition) is 2. The number of ether oxygens (including phenoxy) is 2. The van der Waals surface area contributed by atoms with Crippen molar-refractivity contribution in [2.45, 2.75) is 6.61 Å². The number of carbonyl (C=O) groups excluding carboxylic acids is 2. The van der Waals surface area contributed by atoms with E-state index in [1.807, 2.05) is 0 Å². The molecule has 0 saturated heterocycles. The van der Waals surface area contributed by atoms with Crippen molar-refractivity contribution < 1.29 is 33.0 Å². The first-order chi connectivity index (χ1) is 11.0. The molecule has 0 unspecified atom stereocenters. The summed E-state index contributed by atoms with van der Waals surface area (Å²) >= 11 is 0. The molecular weight excluding hydrogens is 314 g/mol. The minimum Gasteiger partial charge on any atom is -0.497 e. The molecule has 1 aliphatic rings. The van der Waals surface area contributed by atoms with Gasteiger partial charge >= 0.3 is 6.61 Å². The van der Waals surface area contributed by atoms with Gasteiger partial charge in [-0.3, -0.25) is 14.5 Å². The Labute approximate surface area is 130 Å². The summed E-state index contributed by atoms with van der Waals surface area (Å²) < 4.78 is 34.2. The number of β-amino-alcohol motifs (C(OH)–C–C–N with tert-alkyl or cyclic N) is 1. The van der Waals surface area contributed by atoms with E-state index in [-0.39, 0.29) is 30.3 Å². The highest BCUT2D eigenvalue weighted by Gasteiger charge is 2.31. The second-order valence-electron chi connectivity index (χ2n) is 4.44. The van der Waals surface area contributed by atoms with Crippen molar-refractivity contribution in [2.75, 3.05) is 25.6 Å². The molecule has 7 nitrogen and oxygen atoms in total. The van der Waals surface area contributed by atoms with Crippen LogP contribution in [0.25, 0.3) is 0 Å². The number of carbonyl (C=O) groups is 2. The van der Waals surface area contributed by atoms with Crippen molar-refractivity contribution in [1.29, 1.82) is 0 Å². The average Bonchev–Trinajstić information content (AvgIpc) is 2.76. The largest absolute Gasteiger partial charge is 0.497 e. The Kier molecular flexibility index (Phi) is 5.12. The molecule has 124 valence electrons. The monoisotopic (exact) mass is 328 g/mol. The fraction of sp³-hybridized carbons (Fsp3) is 0.286. The number of methoxy groups -OCH3 is 1. The molecule has 2 rings (SSSR count). The third kappa shape index (κ3) is 3.75. The number of rotatable bonds is 7. The lowest BCUT2D eigenvalue weighted by molar-refractivity contribution is -0.137. The molecule has 0 bridgehead atoms. The lowest BCUT2D eigenvalue weighted by atomic mass is 10.2. The Morgan fingerprint density at radius 1 is 1.35 bits per heavy atom. The predicted molar refractivity (Wildman–Crippen MR) is 75.1 cm³/mol. The minimum atomic E-state index is -3.05. The number of aliphatic hydroxyl groups is 1. The average molecular weight is 328 g/mol. The summed E-state index contributed by atoms with van der Waals surface area (Å²) in [5, 5.41) is 11.4. The van der Waals surface area contributed by atoms with Gasteiger partial charge in [-0.1, -0.05) is 0 Å². The summed E-state index contributed by atoms with van der Waals surface area (Å²) in [4.78, 5) is 24.5. The first kappa shape index (κ1) is 16.7. The van der Waals surface area contributed by atoms with E-state index in [1.54, 1.807) is 0 Å². The molecule has 0 fully saturated rings. The van der Waals surface area contributed by atoms with Gasteiger partial charge in [-0.25, -0.2) is 0 Å². The van der Waals surface area contributed by atoms with E-state index in [0.717, 1.165) is 11.0 Å². The second kappa shape index (κ2) is 7.05. The summed E-state index contributed by atoms with van der Waals surface area (Å²) in [6, 6.07) is 4.02. The third-order valence-electron chi connectivity index (χ3n) is 3.01. The van der Waals surface area contributed by atoms with Crippen molar-refractivity contribution in [1.82, 2.24) is 4.90 Å². The number of aliphatic hydroxyl groups excluding tert-OH is 1. The zero-order chi connectivity index (χ0) is 17.0. The second-order valence-corrected chi connectivity index (χ2v) is 4.44. The summed E-state index contributed by atoms with van der Waals surface area (Å²) in [7, 11) is 1.39. The lowest BCUT2D eigenvalue weighted by Crippen LogP contribution is -2.34. The van der Waals surface area contributed by atoms with Gasteiger partial charge in [0.2, 0.25) is 0 Å². The van der Waals surface area contributed by atoms with Gasteiger partial charge in [0.15, 0.2) is 0 Å². The van der Waals surface area contributed by atoms with Crippen molar-refractivity contribution in [3.05, 3.63) is 30.0 Å². The Balaban J connectivity index is 2.26. The van der Waals surface area contributed by atoms with Crippen LogP contribution in [-0.4, -0.2) is 48.7 Å². The van der Waals surface area contributed by atoms with Crippen LogP contribution in [0.5, 0.6) is 11.5 Å². The van der Waals surface area contributed by atoms with Crippen molar-refractivity contribution in [3.8, 4) is 11.5 Å². The van der Waals surface area contributed by atoms with Crippen molar-refractivity contribution in [3.63, 3.8) is 0 Å². The SMILES string of the molecule is COc1ccc(OC(F)F)c(NC2=CC(=O)N(CCO)C2=O)c1. The van der Waals surface area contributed by atoms with Gasteiger partial charge in [-0.15, -0.1) is 0 Å². The number of benzene rings is 1. The number of hydrogen-bond acceptors (Lipinski definition) is 6. The highest BCUT2D eigenvalue weighted by molar-refractivity contribution is 6.17. The Hall–Kier alpha value is -2.68. The molecule has 0 spiro atoms. The molecule has 23 heavy (non-hydrogen) atoms. The van der Waals surface area contributed by atoms with Crippen LogP contribution in [0.2, 0.25) is 0 Å². The van der Waals surface area contributed by atoms with Gasteiger partial charge in [0.25, 0.3) is 11.8 Å². The third-order valence-corrected chi connectivity index (χ3v) is 3.01. The van der Waals surface area contributed by atoms with Crippen LogP contribution in [0.4, 0.5) is 14.5 Å². The standard InChI is InChI=1S/C14H14F2N2O5/c1-22-8-2-3-11(23-14(15)16)9(6-8)17-10-7-12(20)18(4-5-19)13(10)21/h2-3,6-7,14,17,19H,4-5H2,1H3. The minimum absolute atomic E-state index is 0.0444. The number of imide groups is 1. The highest BCUT2D eigenvalue weighted by Crippen LogP contribution is 2.32. The normalized spacial score (nSPS) is 14.3. The first-order valence-corrected chi connectivity index (χ1v) is 6.54. The molecule has 0 radical (unpaired) electrons. The lowest BCUT2D eigenvalue weighted by Gasteiger charge is -2.16. The van der Waals surface area contributed by atoms with Crippen molar-refractivity contribution >= 4 is 17.5 Å². The van der Waals surface area contributed by atoms with Gasteiger partial charge in [0.05, 0.1) is 25.9 Å². The van der Waals surface area contributed by atoms with Gasteiger partial charge < -0.3 is 19.9 Å². The van der Waals surface area contributed by atoms with Crippen LogP contribution in [0, 0.1) is 0 Å². The van der Waals surface area contributed by atoms with Crippen LogP contribution in [0.1, 0.15) is 0 Å². The van der Waals surface area contributed by atoms with Gasteiger partial charge in [0, 0.05) is 12.1 Å². The molecule has 1 aliphatic heterocycles. The quantitative estimate of drug-likeness (QED) is 0.725. The van der Waals surface area contributed by atoms with E-state index in [2.05, 4.69) is 10.1 Å². The number of nitrogens with zero attached hydrogens (tertiary/aromatic N) is 1. The fourth-order valence-corrected chi connectivity index (χ4v) is 1.99. The Morgan fingerprint density at radius 2 is 2.09 bits per heavy atom. The van der Waals surface area contributed by atoms with Gasteiger partial charge in [0.1, 0.15) is 17.2 Å². The summed E-state index contributed by atoms with van der Waals surface area (Å²) in [6.45, 7) is -3.58. The van der Waals surface area contributed by atoms with E-state index in [0.29, 0.717) is 5.75 Å². The summed E-state index contributed by atoms with van der Waals surface area (Å²) in [5.41, 5.74) is -0.0706. The van der Waals surface area contributed by atoms with E-state index < -0.39 is 18.4 Å². The number of amides is 2. The van der Waals surface area contributed by atoms with E-state index in [9.17, 15) is 18.4 Å². The molecule has 0 aromatic heterocycles. The van der Waals surface area contributed by atoms with E-state index in [1.165, 1.54) is 25.3 Å². The van der Waals surface area contributed by atoms with Crippen LogP contribution in [0.3, 0.4) is 0 Å². The Bertz CT molecular complexity index is 648. The van der Waals surface area contributed by atoms with Crippen LogP contribution in [0.15, 0.2) is 30.0 Å². The smallest absolute Gasteiger partial charge is 0.387 e. The zero-order valence-electron chi connectivity index (χ0n) is 12.1. The first-order valence-electron chi connectivity index (χ1n) is 6.54. The maximum atomic E-state index is 12.4. The molecule has 2 amide bonds. The number of nitrogens with one attached hydrogen (secondary N) is 1. The molecule has 0 aliphatic carbocycles. The maximum absolute atomic E-state index is 12.4. The Morgan fingerprint density at radius 3 is 2.70 bits per heavy atom. The van der Waals surface area contributed by atoms with Gasteiger partial charge in [-0.05, 0) is 12.1 Å². The van der Waals surface area contributed by atoms with Crippen LogP contribution < -0.4 is 14.8 Å². The van der Waals surface area contributed by atoms with Gasteiger partial charge in [-0.2, -0.15) is 8.78 Å².